The summed E-state index contributed by atoms with van der Waals surface area (Å²) in [5.41, 5.74) is -6.48. The van der Waals surface area contributed by atoms with Gasteiger partial charge in [-0.3, -0.25) is 23.9 Å². The Morgan fingerprint density at radius 2 is 1.83 bits per heavy atom. The van der Waals surface area contributed by atoms with Crippen molar-refractivity contribution in [3.63, 3.8) is 0 Å². The number of halogens is 3. The summed E-state index contributed by atoms with van der Waals surface area (Å²) < 4.78 is 43.3. The third-order valence-electron chi connectivity index (χ3n) is 4.84. The summed E-state index contributed by atoms with van der Waals surface area (Å²) in [5.74, 6) is -3.27. The van der Waals surface area contributed by atoms with Gasteiger partial charge in [-0.1, -0.05) is 43.7 Å². The predicted octanol–water partition coefficient (Wildman–Crippen LogP) is 1.60. The van der Waals surface area contributed by atoms with Crippen molar-refractivity contribution in [1.82, 2.24) is 14.9 Å². The van der Waals surface area contributed by atoms with E-state index in [0.29, 0.717) is 18.4 Å². The van der Waals surface area contributed by atoms with Crippen molar-refractivity contribution in [1.29, 1.82) is 0 Å². The minimum Gasteiger partial charge on any atom is -0.330 e. The Balaban J connectivity index is 2.20. The number of rotatable bonds is 6. The number of carbonyl (C=O) groups is 2. The fraction of sp³-hybridized carbons (Fsp3) is 0.368. The van der Waals surface area contributed by atoms with Crippen molar-refractivity contribution >= 4 is 17.6 Å². The lowest BCUT2D eigenvalue weighted by Crippen LogP contribution is -2.62. The van der Waals surface area contributed by atoms with E-state index in [1.165, 1.54) is 0 Å². The average molecular weight is 424 g/mol. The molecule has 0 saturated carbocycles. The highest BCUT2D eigenvalue weighted by molar-refractivity contribution is 6.07. The Hall–Kier alpha value is -3.37. The number of fused-ring (bicyclic) bond motifs is 1. The number of H-pyrrole nitrogens is 1. The van der Waals surface area contributed by atoms with Crippen molar-refractivity contribution in [2.75, 3.05) is 5.32 Å². The van der Waals surface area contributed by atoms with Crippen LogP contribution in [0.2, 0.25) is 0 Å². The fourth-order valence-corrected chi connectivity index (χ4v) is 3.35. The zero-order valence-electron chi connectivity index (χ0n) is 15.9. The van der Waals surface area contributed by atoms with Gasteiger partial charge in [0, 0.05) is 6.42 Å². The Morgan fingerprint density at radius 3 is 2.43 bits per heavy atom. The third-order valence-corrected chi connectivity index (χ3v) is 4.84. The highest BCUT2D eigenvalue weighted by Gasteiger charge is 2.68. The normalized spacial score (nSPS) is 18.1. The summed E-state index contributed by atoms with van der Waals surface area (Å²) in [4.78, 5) is 51.3. The van der Waals surface area contributed by atoms with Crippen LogP contribution in [-0.2, 0) is 21.7 Å². The monoisotopic (exact) mass is 424 g/mol. The smallest absolute Gasteiger partial charge is 0.330 e. The standard InChI is InChI=1S/C19H19F3N4O4/c1-2-3-9-12(27)25-18(19(20,21)22)13-14(23-16(18)29)26(17(30)24-15(13)28)10-11-7-5-4-6-8-11/h4-8H,2-3,9-10H2,1H3,(H,23,29)(H,25,27)(H,24,28,30)/t18-/m0/s1. The number of anilines is 1. The first-order chi connectivity index (χ1) is 14.1. The minimum atomic E-state index is -5.33. The molecule has 0 unspecified atom stereocenters. The van der Waals surface area contributed by atoms with E-state index in [0.717, 1.165) is 4.57 Å². The number of benzene rings is 1. The van der Waals surface area contributed by atoms with Gasteiger partial charge in [0.15, 0.2) is 0 Å². The second kappa shape index (κ2) is 7.81. The van der Waals surface area contributed by atoms with Crippen molar-refractivity contribution in [3.8, 4) is 0 Å². The molecule has 2 amide bonds. The van der Waals surface area contributed by atoms with E-state index >= 15 is 0 Å². The lowest BCUT2D eigenvalue weighted by atomic mass is 9.91. The van der Waals surface area contributed by atoms with Gasteiger partial charge >= 0.3 is 11.9 Å². The molecule has 3 rings (SSSR count). The molecule has 0 radical (unpaired) electrons. The number of aromatic nitrogens is 2. The van der Waals surface area contributed by atoms with Crippen LogP contribution in [0, 0.1) is 0 Å². The van der Waals surface area contributed by atoms with E-state index in [1.807, 2.05) is 10.3 Å². The van der Waals surface area contributed by atoms with Crippen LogP contribution < -0.4 is 21.9 Å². The number of carbonyl (C=O) groups excluding carboxylic acids is 2. The van der Waals surface area contributed by atoms with Crippen LogP contribution in [0.5, 0.6) is 0 Å². The van der Waals surface area contributed by atoms with E-state index in [9.17, 15) is 32.3 Å². The number of hydrogen-bond acceptors (Lipinski definition) is 4. The lowest BCUT2D eigenvalue weighted by molar-refractivity contribution is -0.200. The van der Waals surface area contributed by atoms with Gasteiger partial charge in [0.1, 0.15) is 11.4 Å². The lowest BCUT2D eigenvalue weighted by Gasteiger charge is -2.30. The zero-order valence-corrected chi connectivity index (χ0v) is 15.9. The van der Waals surface area contributed by atoms with Gasteiger partial charge in [0.25, 0.3) is 11.5 Å². The fourth-order valence-electron chi connectivity index (χ4n) is 3.35. The Morgan fingerprint density at radius 1 is 1.17 bits per heavy atom. The number of amides is 2. The van der Waals surface area contributed by atoms with Gasteiger partial charge in [-0.2, -0.15) is 13.2 Å². The van der Waals surface area contributed by atoms with Crippen molar-refractivity contribution in [2.45, 2.75) is 44.4 Å². The number of hydrogen-bond donors (Lipinski definition) is 3. The van der Waals surface area contributed by atoms with E-state index in [2.05, 4.69) is 0 Å². The van der Waals surface area contributed by atoms with Crippen molar-refractivity contribution in [3.05, 3.63) is 62.3 Å². The third kappa shape index (κ3) is 3.51. The molecule has 3 N–H and O–H groups in total. The first-order valence-corrected chi connectivity index (χ1v) is 9.22. The maximum atomic E-state index is 14.2. The highest BCUT2D eigenvalue weighted by atomic mass is 19.4. The van der Waals surface area contributed by atoms with Crippen molar-refractivity contribution in [2.24, 2.45) is 0 Å². The summed E-state index contributed by atoms with van der Waals surface area (Å²) in [6.07, 6.45) is -4.73. The van der Waals surface area contributed by atoms with E-state index < -0.39 is 46.2 Å². The molecule has 2 heterocycles. The van der Waals surface area contributed by atoms with Crippen molar-refractivity contribution < 1.29 is 22.8 Å². The van der Waals surface area contributed by atoms with Gasteiger partial charge in [-0.15, -0.1) is 0 Å². The van der Waals surface area contributed by atoms with Gasteiger partial charge in [-0.25, -0.2) is 4.79 Å². The first-order valence-electron chi connectivity index (χ1n) is 9.22. The second-order valence-electron chi connectivity index (χ2n) is 6.91. The maximum absolute atomic E-state index is 14.2. The molecule has 160 valence electrons. The molecule has 1 aliphatic heterocycles. The summed E-state index contributed by atoms with van der Waals surface area (Å²) in [6.45, 7) is 1.55. The van der Waals surface area contributed by atoms with Crippen LogP contribution in [0.3, 0.4) is 0 Å². The molecular formula is C19H19F3N4O4. The molecule has 0 bridgehead atoms. The van der Waals surface area contributed by atoms with Gasteiger partial charge < -0.3 is 10.6 Å². The molecule has 0 fully saturated rings. The van der Waals surface area contributed by atoms with Crippen LogP contribution in [-0.4, -0.2) is 27.5 Å². The summed E-state index contributed by atoms with van der Waals surface area (Å²) in [6, 6.07) is 8.30. The Kier molecular flexibility index (Phi) is 5.55. The molecule has 0 saturated heterocycles. The van der Waals surface area contributed by atoms with Gasteiger partial charge in [0.05, 0.1) is 6.54 Å². The SMILES string of the molecule is CCCCC(=O)N[C@]1(C(F)(F)F)C(=O)Nc2c1c(=O)[nH]c(=O)n2Cc1ccccc1. The highest BCUT2D eigenvalue weighted by Crippen LogP contribution is 2.45. The van der Waals surface area contributed by atoms with E-state index in [4.69, 9.17) is 0 Å². The zero-order chi connectivity index (χ0) is 22.1. The molecule has 1 atom stereocenters. The van der Waals surface area contributed by atoms with Crippen LogP contribution in [0.4, 0.5) is 19.0 Å². The second-order valence-corrected chi connectivity index (χ2v) is 6.91. The largest absolute Gasteiger partial charge is 0.425 e. The van der Waals surface area contributed by atoms with Crippen LogP contribution >= 0.6 is 0 Å². The molecule has 0 aliphatic carbocycles. The molecule has 1 aliphatic rings. The number of alkyl halides is 3. The predicted molar refractivity (Wildman–Crippen MR) is 101 cm³/mol. The Bertz CT molecular complexity index is 1090. The maximum Gasteiger partial charge on any atom is 0.425 e. The van der Waals surface area contributed by atoms with E-state index in [-0.39, 0.29) is 13.0 Å². The molecular weight excluding hydrogens is 405 g/mol. The van der Waals surface area contributed by atoms with Gasteiger partial charge in [-0.05, 0) is 12.0 Å². The van der Waals surface area contributed by atoms with Crippen LogP contribution in [0.25, 0.3) is 0 Å². The molecule has 2 aromatic rings. The first kappa shape index (κ1) is 21.3. The molecule has 8 nitrogen and oxygen atoms in total. The summed E-state index contributed by atoms with van der Waals surface area (Å²) >= 11 is 0. The number of unbranched alkanes of at least 4 members (excludes halogenated alkanes) is 1. The topological polar surface area (TPSA) is 113 Å². The summed E-state index contributed by atoms with van der Waals surface area (Å²) in [5, 5.41) is 3.71. The molecule has 30 heavy (non-hydrogen) atoms. The Labute approximate surface area is 168 Å². The minimum absolute atomic E-state index is 0.198. The average Bonchev–Trinajstić information content (AvgIpc) is 2.98. The van der Waals surface area contributed by atoms with Gasteiger partial charge in [0.2, 0.25) is 11.4 Å². The molecule has 1 aromatic heterocycles. The molecule has 11 heteroatoms. The van der Waals surface area contributed by atoms with E-state index in [1.54, 1.807) is 42.6 Å². The van der Waals surface area contributed by atoms with Crippen LogP contribution in [0.15, 0.2) is 39.9 Å². The van der Waals surface area contributed by atoms with Crippen LogP contribution in [0.1, 0.15) is 37.3 Å². The quantitative estimate of drug-likeness (QED) is 0.654. The molecule has 1 aromatic carbocycles. The molecule has 0 spiro atoms. The summed E-state index contributed by atoms with van der Waals surface area (Å²) in [7, 11) is 0. The number of nitrogens with one attached hydrogen (secondary N) is 3. The number of aromatic amines is 1. The number of nitrogens with zero attached hydrogens (tertiary/aromatic N) is 1.